The second-order valence-electron chi connectivity index (χ2n) is 2.83. The minimum absolute atomic E-state index is 0.378. The predicted octanol–water partition coefficient (Wildman–Crippen LogP) is 3.67. The highest BCUT2D eigenvalue weighted by Gasteiger charge is 2.09. The summed E-state index contributed by atoms with van der Waals surface area (Å²) in [4.78, 5) is 0. The molecule has 1 rings (SSSR count). The molecule has 0 heterocycles. The molecule has 1 radical (unpaired) electrons. The first kappa shape index (κ1) is 9.72. The van der Waals surface area contributed by atoms with Crippen LogP contribution in [0.4, 0.5) is 4.39 Å². The number of benzene rings is 1. The molecule has 0 spiro atoms. The molecule has 0 amide bonds. The Kier molecular flexibility index (Phi) is 3.27. The zero-order valence-corrected chi connectivity index (χ0v) is 8.78. The summed E-state index contributed by atoms with van der Waals surface area (Å²) >= 11 is 3.41. The van der Waals surface area contributed by atoms with Crippen LogP contribution in [0.3, 0.4) is 0 Å². The molecule has 0 nitrogen and oxygen atoms in total. The van der Waals surface area contributed by atoms with Crippen molar-refractivity contribution in [3.05, 3.63) is 39.7 Å². The molecule has 1 aromatic rings. The molecular weight excluding hydrogens is 219 g/mol. The van der Waals surface area contributed by atoms with Crippen molar-refractivity contribution in [3.63, 3.8) is 0 Å². The molecule has 0 bridgehead atoms. The van der Waals surface area contributed by atoms with E-state index >= 15 is 0 Å². The minimum atomic E-state index is -0.378. The van der Waals surface area contributed by atoms with Crippen LogP contribution in [-0.2, 0) is 0 Å². The summed E-state index contributed by atoms with van der Waals surface area (Å²) in [6.07, 6.45) is 0. The molecular formula is C10H11BrF. The third-order valence-electron chi connectivity index (χ3n) is 1.93. The summed E-state index contributed by atoms with van der Waals surface area (Å²) < 4.78 is 13.4. The van der Waals surface area contributed by atoms with E-state index in [1.807, 2.05) is 32.0 Å². The van der Waals surface area contributed by atoms with Gasteiger partial charge in [0.2, 0.25) is 0 Å². The van der Waals surface area contributed by atoms with Crippen LogP contribution in [0.2, 0.25) is 0 Å². The molecule has 2 heteroatoms. The van der Waals surface area contributed by atoms with Crippen molar-refractivity contribution in [2.24, 2.45) is 0 Å². The van der Waals surface area contributed by atoms with Gasteiger partial charge in [-0.2, -0.15) is 0 Å². The van der Waals surface area contributed by atoms with Gasteiger partial charge in [-0.1, -0.05) is 35.0 Å². The number of rotatable bonds is 2. The van der Waals surface area contributed by atoms with Crippen molar-refractivity contribution in [1.29, 1.82) is 0 Å². The maximum Gasteiger partial charge on any atom is 0.0997 e. The molecule has 12 heavy (non-hydrogen) atoms. The summed E-state index contributed by atoms with van der Waals surface area (Å²) in [5.74, 6) is 0.786. The van der Waals surface area contributed by atoms with Gasteiger partial charge in [0, 0.05) is 10.4 Å². The van der Waals surface area contributed by atoms with E-state index in [9.17, 15) is 4.39 Å². The monoisotopic (exact) mass is 229 g/mol. The maximum absolute atomic E-state index is 12.3. The van der Waals surface area contributed by atoms with Gasteiger partial charge >= 0.3 is 0 Å². The van der Waals surface area contributed by atoms with Gasteiger partial charge < -0.3 is 0 Å². The summed E-state index contributed by atoms with van der Waals surface area (Å²) in [5.41, 5.74) is 2.11. The first-order valence-corrected chi connectivity index (χ1v) is 4.60. The molecule has 0 aliphatic carbocycles. The van der Waals surface area contributed by atoms with E-state index in [2.05, 4.69) is 15.9 Å². The second kappa shape index (κ2) is 4.04. The molecule has 1 aromatic carbocycles. The Morgan fingerprint density at radius 3 is 2.75 bits per heavy atom. The molecule has 0 aliphatic rings. The van der Waals surface area contributed by atoms with E-state index in [4.69, 9.17) is 0 Å². The van der Waals surface area contributed by atoms with E-state index in [0.717, 1.165) is 21.5 Å². The molecule has 0 saturated carbocycles. The highest BCUT2D eigenvalue weighted by molar-refractivity contribution is 9.10. The van der Waals surface area contributed by atoms with Crippen molar-refractivity contribution >= 4 is 15.9 Å². The van der Waals surface area contributed by atoms with Crippen molar-refractivity contribution in [2.75, 3.05) is 6.67 Å². The summed E-state index contributed by atoms with van der Waals surface area (Å²) in [6.45, 7) is 3.42. The molecule has 0 aliphatic heterocycles. The Morgan fingerprint density at radius 1 is 1.50 bits per heavy atom. The smallest absolute Gasteiger partial charge is 0.0997 e. The Labute approximate surface area is 80.9 Å². The Balaban J connectivity index is 3.07. The number of hydrogen-bond donors (Lipinski definition) is 0. The molecule has 0 unspecified atom stereocenters. The molecule has 65 valence electrons. The number of hydrogen-bond acceptors (Lipinski definition) is 0. The van der Waals surface area contributed by atoms with Crippen LogP contribution in [0, 0.1) is 12.8 Å². The predicted molar refractivity (Wildman–Crippen MR) is 52.9 cm³/mol. The highest BCUT2D eigenvalue weighted by atomic mass is 79.9. The van der Waals surface area contributed by atoms with Crippen LogP contribution in [-0.4, -0.2) is 6.67 Å². The van der Waals surface area contributed by atoms with E-state index in [0.29, 0.717) is 0 Å². The van der Waals surface area contributed by atoms with E-state index in [1.165, 1.54) is 0 Å². The topological polar surface area (TPSA) is 0 Å². The van der Waals surface area contributed by atoms with Gasteiger partial charge in [-0.15, -0.1) is 0 Å². The Bertz CT molecular complexity index is 271. The third kappa shape index (κ3) is 1.86. The largest absolute Gasteiger partial charge is 0.250 e. The standard InChI is InChI=1S/C10H11BrF/c1-7(6-12)9-4-3-5-10(11)8(9)2/h3-5H,6H2,1-2H3. The lowest BCUT2D eigenvalue weighted by molar-refractivity contribution is 0.515. The molecule has 0 saturated heterocycles. The van der Waals surface area contributed by atoms with Crippen LogP contribution in [0.25, 0.3) is 0 Å². The quantitative estimate of drug-likeness (QED) is 0.727. The van der Waals surface area contributed by atoms with Crippen molar-refractivity contribution in [2.45, 2.75) is 13.8 Å². The van der Waals surface area contributed by atoms with Crippen molar-refractivity contribution in [1.82, 2.24) is 0 Å². The molecule has 0 N–H and O–H groups in total. The third-order valence-corrected chi connectivity index (χ3v) is 2.79. The van der Waals surface area contributed by atoms with Gasteiger partial charge in [0.1, 0.15) is 0 Å². The fourth-order valence-electron chi connectivity index (χ4n) is 1.14. The van der Waals surface area contributed by atoms with Gasteiger partial charge in [0.15, 0.2) is 0 Å². The maximum atomic E-state index is 12.3. The van der Waals surface area contributed by atoms with Crippen LogP contribution in [0.1, 0.15) is 18.1 Å². The SMILES string of the molecule is C[C](CF)c1cccc(Br)c1C. The van der Waals surface area contributed by atoms with Gasteiger partial charge in [-0.25, -0.2) is 0 Å². The lowest BCUT2D eigenvalue weighted by Crippen LogP contribution is -1.99. The van der Waals surface area contributed by atoms with Crippen LogP contribution in [0.15, 0.2) is 22.7 Å². The number of halogens is 2. The van der Waals surface area contributed by atoms with Gasteiger partial charge in [0.05, 0.1) is 6.67 Å². The second-order valence-corrected chi connectivity index (χ2v) is 3.68. The summed E-state index contributed by atoms with van der Waals surface area (Å²) in [6, 6.07) is 5.82. The van der Waals surface area contributed by atoms with Crippen LogP contribution in [0.5, 0.6) is 0 Å². The van der Waals surface area contributed by atoms with E-state index in [-0.39, 0.29) is 6.67 Å². The molecule has 0 aromatic heterocycles. The van der Waals surface area contributed by atoms with E-state index < -0.39 is 0 Å². The fourth-order valence-corrected chi connectivity index (χ4v) is 1.51. The van der Waals surface area contributed by atoms with Crippen molar-refractivity contribution in [3.8, 4) is 0 Å². The minimum Gasteiger partial charge on any atom is -0.250 e. The molecule has 0 atom stereocenters. The highest BCUT2D eigenvalue weighted by Crippen LogP contribution is 2.25. The molecule has 0 fully saturated rings. The number of alkyl halides is 1. The van der Waals surface area contributed by atoms with Crippen LogP contribution < -0.4 is 0 Å². The average molecular weight is 230 g/mol. The lowest BCUT2D eigenvalue weighted by Gasteiger charge is -2.10. The van der Waals surface area contributed by atoms with E-state index in [1.54, 1.807) is 0 Å². The summed E-state index contributed by atoms with van der Waals surface area (Å²) in [7, 11) is 0. The zero-order chi connectivity index (χ0) is 9.14. The van der Waals surface area contributed by atoms with Gasteiger partial charge in [0.25, 0.3) is 0 Å². The average Bonchev–Trinajstić information content (AvgIpc) is 2.08. The first-order valence-electron chi connectivity index (χ1n) is 3.80. The lowest BCUT2D eigenvalue weighted by atomic mass is 9.98. The van der Waals surface area contributed by atoms with Gasteiger partial charge in [-0.3, -0.25) is 4.39 Å². The van der Waals surface area contributed by atoms with Crippen LogP contribution >= 0.6 is 15.9 Å². The zero-order valence-electron chi connectivity index (χ0n) is 7.20. The normalized spacial score (nSPS) is 10.8. The van der Waals surface area contributed by atoms with Gasteiger partial charge in [-0.05, 0) is 24.1 Å². The summed E-state index contributed by atoms with van der Waals surface area (Å²) in [5, 5.41) is 0. The Hall–Kier alpha value is -0.370. The van der Waals surface area contributed by atoms with Crippen molar-refractivity contribution < 1.29 is 4.39 Å². The Morgan fingerprint density at radius 2 is 2.17 bits per heavy atom. The fraction of sp³-hybridized carbons (Fsp3) is 0.300. The first-order chi connectivity index (χ1) is 5.66.